The molecule has 1 atom stereocenters. The number of allylic oxidation sites excluding steroid dienone is 1. The van der Waals surface area contributed by atoms with Crippen LogP contribution in [0, 0.1) is 11.3 Å². The van der Waals surface area contributed by atoms with Crippen LogP contribution < -0.4 is 0 Å². The Labute approximate surface area is 148 Å². The average Bonchev–Trinajstić information content (AvgIpc) is 2.58. The number of ether oxygens (including phenoxy) is 1. The Morgan fingerprint density at radius 1 is 1.17 bits per heavy atom. The molecule has 134 valence electrons. The van der Waals surface area contributed by atoms with Crippen LogP contribution in [0.15, 0.2) is 42.0 Å². The van der Waals surface area contributed by atoms with Gasteiger partial charge in [0.2, 0.25) is 0 Å². The van der Waals surface area contributed by atoms with Crippen LogP contribution in [0.4, 0.5) is 0 Å². The number of rotatable bonds is 10. The van der Waals surface area contributed by atoms with Gasteiger partial charge in [-0.15, -0.1) is 0 Å². The molecule has 0 amide bonds. The molecule has 24 heavy (non-hydrogen) atoms. The molecule has 0 saturated heterocycles. The Morgan fingerprint density at radius 2 is 1.83 bits per heavy atom. The highest BCUT2D eigenvalue weighted by Crippen LogP contribution is 2.37. The summed E-state index contributed by atoms with van der Waals surface area (Å²) in [5, 5.41) is 0. The topological polar surface area (TPSA) is 26.3 Å². The van der Waals surface area contributed by atoms with Crippen LogP contribution in [-0.4, -0.2) is 5.97 Å². The van der Waals surface area contributed by atoms with Gasteiger partial charge in [-0.05, 0) is 36.7 Å². The lowest BCUT2D eigenvalue weighted by Gasteiger charge is -2.33. The standard InChI is InChI=1S/C22H34O2/c1-6-8-15-22(4,5)20(12-7-2)16-18(3)21(23)24-17-19-13-10-9-11-14-19/h9-11,13-14,16,20H,6-8,12,15,17H2,1-5H3. The first-order valence-electron chi connectivity index (χ1n) is 9.30. The average molecular weight is 331 g/mol. The molecular formula is C22H34O2. The van der Waals surface area contributed by atoms with Gasteiger partial charge in [0.25, 0.3) is 0 Å². The number of carbonyl (C=O) groups excluding carboxylic acids is 1. The Kier molecular flexibility index (Phi) is 8.81. The third-order valence-electron chi connectivity index (χ3n) is 4.76. The third-order valence-corrected chi connectivity index (χ3v) is 4.76. The maximum absolute atomic E-state index is 12.3. The van der Waals surface area contributed by atoms with Gasteiger partial charge in [-0.3, -0.25) is 0 Å². The van der Waals surface area contributed by atoms with Gasteiger partial charge in [0.1, 0.15) is 6.61 Å². The summed E-state index contributed by atoms with van der Waals surface area (Å²) in [6, 6.07) is 9.82. The van der Waals surface area contributed by atoms with E-state index in [0.29, 0.717) is 12.5 Å². The van der Waals surface area contributed by atoms with Gasteiger partial charge in [0.05, 0.1) is 0 Å². The summed E-state index contributed by atoms with van der Waals surface area (Å²) in [5.41, 5.74) is 1.97. The number of hydrogen-bond donors (Lipinski definition) is 0. The van der Waals surface area contributed by atoms with Crippen LogP contribution in [0.25, 0.3) is 0 Å². The molecule has 2 heteroatoms. The van der Waals surface area contributed by atoms with Gasteiger partial charge in [-0.1, -0.05) is 83.4 Å². The zero-order valence-electron chi connectivity index (χ0n) is 16.1. The molecule has 0 aromatic heterocycles. The second kappa shape index (κ2) is 10.3. The molecule has 0 aliphatic heterocycles. The summed E-state index contributed by atoms with van der Waals surface area (Å²) in [4.78, 5) is 12.3. The zero-order valence-corrected chi connectivity index (χ0v) is 16.1. The summed E-state index contributed by atoms with van der Waals surface area (Å²) >= 11 is 0. The fourth-order valence-electron chi connectivity index (χ4n) is 3.04. The van der Waals surface area contributed by atoms with Crippen molar-refractivity contribution in [2.75, 3.05) is 0 Å². The molecule has 0 saturated carbocycles. The van der Waals surface area contributed by atoms with Crippen molar-refractivity contribution in [1.29, 1.82) is 0 Å². The normalized spacial score (nSPS) is 13.6. The molecule has 0 aliphatic rings. The summed E-state index contributed by atoms with van der Waals surface area (Å²) in [7, 11) is 0. The van der Waals surface area contributed by atoms with Gasteiger partial charge >= 0.3 is 5.97 Å². The SMILES string of the molecule is CCCCC(C)(C)C(C=C(C)C(=O)OCc1ccccc1)CCC. The van der Waals surface area contributed by atoms with Crippen molar-refractivity contribution in [2.24, 2.45) is 11.3 Å². The number of unbranched alkanes of at least 4 members (excludes halogenated alkanes) is 1. The highest BCUT2D eigenvalue weighted by molar-refractivity contribution is 5.87. The van der Waals surface area contributed by atoms with Crippen molar-refractivity contribution < 1.29 is 9.53 Å². The number of hydrogen-bond acceptors (Lipinski definition) is 2. The summed E-state index contributed by atoms with van der Waals surface area (Å²) < 4.78 is 5.46. The van der Waals surface area contributed by atoms with Gasteiger partial charge in [-0.25, -0.2) is 4.79 Å². The molecule has 0 bridgehead atoms. The van der Waals surface area contributed by atoms with Gasteiger partial charge in [-0.2, -0.15) is 0 Å². The van der Waals surface area contributed by atoms with Gasteiger partial charge in [0, 0.05) is 5.57 Å². The van der Waals surface area contributed by atoms with E-state index in [1.165, 1.54) is 19.3 Å². The van der Waals surface area contributed by atoms with Crippen LogP contribution >= 0.6 is 0 Å². The van der Waals surface area contributed by atoms with Gasteiger partial charge < -0.3 is 4.74 Å². The highest BCUT2D eigenvalue weighted by Gasteiger charge is 2.27. The minimum Gasteiger partial charge on any atom is -0.457 e. The van der Waals surface area contributed by atoms with Crippen LogP contribution in [-0.2, 0) is 16.1 Å². The van der Waals surface area contributed by atoms with Crippen molar-refractivity contribution in [3.63, 3.8) is 0 Å². The van der Waals surface area contributed by atoms with E-state index in [-0.39, 0.29) is 11.4 Å². The first kappa shape index (κ1) is 20.5. The second-order valence-corrected chi connectivity index (χ2v) is 7.40. The van der Waals surface area contributed by atoms with E-state index in [0.717, 1.165) is 24.0 Å². The number of esters is 1. The smallest absolute Gasteiger partial charge is 0.333 e. The van der Waals surface area contributed by atoms with Crippen LogP contribution in [0.5, 0.6) is 0 Å². The molecule has 1 rings (SSSR count). The zero-order chi connectivity index (χ0) is 18.0. The molecular weight excluding hydrogens is 296 g/mol. The molecule has 0 radical (unpaired) electrons. The molecule has 1 aromatic carbocycles. The summed E-state index contributed by atoms with van der Waals surface area (Å²) in [6.07, 6.45) is 8.02. The van der Waals surface area contributed by atoms with Crippen LogP contribution in [0.1, 0.15) is 72.3 Å². The van der Waals surface area contributed by atoms with Crippen molar-refractivity contribution in [1.82, 2.24) is 0 Å². The molecule has 1 unspecified atom stereocenters. The summed E-state index contributed by atoms with van der Waals surface area (Å²) in [6.45, 7) is 11.3. The van der Waals surface area contributed by atoms with E-state index in [4.69, 9.17) is 4.74 Å². The largest absolute Gasteiger partial charge is 0.457 e. The monoisotopic (exact) mass is 330 g/mol. The quantitative estimate of drug-likeness (QED) is 0.371. The molecule has 0 aliphatic carbocycles. The van der Waals surface area contributed by atoms with E-state index in [9.17, 15) is 4.79 Å². The van der Waals surface area contributed by atoms with Crippen molar-refractivity contribution in [3.8, 4) is 0 Å². The highest BCUT2D eigenvalue weighted by atomic mass is 16.5. The molecule has 1 aromatic rings. The fraction of sp³-hybridized carbons (Fsp3) is 0.591. The maximum Gasteiger partial charge on any atom is 0.333 e. The molecule has 0 spiro atoms. The summed E-state index contributed by atoms with van der Waals surface area (Å²) in [5.74, 6) is 0.213. The van der Waals surface area contributed by atoms with E-state index < -0.39 is 0 Å². The number of carbonyl (C=O) groups is 1. The minimum atomic E-state index is -0.203. The van der Waals surface area contributed by atoms with Crippen molar-refractivity contribution in [2.45, 2.75) is 73.3 Å². The molecule has 0 heterocycles. The third kappa shape index (κ3) is 6.90. The lowest BCUT2D eigenvalue weighted by Crippen LogP contribution is -2.23. The Bertz CT molecular complexity index is 514. The lowest BCUT2D eigenvalue weighted by atomic mass is 9.72. The maximum atomic E-state index is 12.3. The predicted octanol–water partition coefficient (Wildman–Crippen LogP) is 6.31. The Morgan fingerprint density at radius 3 is 2.42 bits per heavy atom. The molecule has 0 fully saturated rings. The van der Waals surface area contributed by atoms with E-state index >= 15 is 0 Å². The Balaban J connectivity index is 2.71. The first-order valence-corrected chi connectivity index (χ1v) is 9.30. The Hall–Kier alpha value is -1.57. The molecule has 2 nitrogen and oxygen atoms in total. The molecule has 0 N–H and O–H groups in total. The van der Waals surface area contributed by atoms with E-state index in [2.05, 4.69) is 33.8 Å². The predicted molar refractivity (Wildman–Crippen MR) is 102 cm³/mol. The minimum absolute atomic E-state index is 0.203. The van der Waals surface area contributed by atoms with E-state index in [1.54, 1.807) is 0 Å². The van der Waals surface area contributed by atoms with Crippen molar-refractivity contribution in [3.05, 3.63) is 47.5 Å². The van der Waals surface area contributed by atoms with Crippen molar-refractivity contribution >= 4 is 5.97 Å². The van der Waals surface area contributed by atoms with Crippen LogP contribution in [0.3, 0.4) is 0 Å². The van der Waals surface area contributed by atoms with Gasteiger partial charge in [0.15, 0.2) is 0 Å². The number of benzene rings is 1. The van der Waals surface area contributed by atoms with E-state index in [1.807, 2.05) is 37.3 Å². The fourth-order valence-corrected chi connectivity index (χ4v) is 3.04. The second-order valence-electron chi connectivity index (χ2n) is 7.40. The first-order chi connectivity index (χ1) is 11.4. The van der Waals surface area contributed by atoms with Crippen LogP contribution in [0.2, 0.25) is 0 Å². The lowest BCUT2D eigenvalue weighted by molar-refractivity contribution is -0.140.